The quantitative estimate of drug-likeness (QED) is 0.476. The van der Waals surface area contributed by atoms with Crippen LogP contribution in [0.2, 0.25) is 0 Å². The lowest BCUT2D eigenvalue weighted by atomic mass is 9.47. The fourth-order valence-corrected chi connectivity index (χ4v) is 7.33. The van der Waals surface area contributed by atoms with Crippen LogP contribution in [0.4, 0.5) is 0 Å². The van der Waals surface area contributed by atoms with E-state index in [4.69, 9.17) is 9.94 Å². The molecule has 4 aliphatic rings. The molecular formula is C23H33NO6. The molecule has 0 saturated heterocycles. The molecule has 4 rings (SSSR count). The lowest BCUT2D eigenvalue weighted by Gasteiger charge is -2.57. The van der Waals surface area contributed by atoms with Crippen LogP contribution in [0.1, 0.15) is 59.3 Å². The number of carbonyl (C=O) groups is 2. The second-order valence-electron chi connectivity index (χ2n) is 10.4. The number of carbonyl (C=O) groups excluding carboxylic acids is 1. The zero-order valence-corrected chi connectivity index (χ0v) is 18.0. The molecular weight excluding hydrogens is 386 g/mol. The second-order valence-corrected chi connectivity index (χ2v) is 10.4. The van der Waals surface area contributed by atoms with Gasteiger partial charge in [0.25, 0.3) is 0 Å². The van der Waals surface area contributed by atoms with Crippen LogP contribution in [0.5, 0.6) is 0 Å². The number of aliphatic hydroxyl groups excluding tert-OH is 2. The molecule has 0 spiro atoms. The Morgan fingerprint density at radius 1 is 1.13 bits per heavy atom. The van der Waals surface area contributed by atoms with Gasteiger partial charge in [0.2, 0.25) is 6.61 Å². The minimum atomic E-state index is -1.05. The number of hydrogen-bond donors (Lipinski definition) is 3. The summed E-state index contributed by atoms with van der Waals surface area (Å²) in [6, 6.07) is 0. The molecule has 0 heterocycles. The summed E-state index contributed by atoms with van der Waals surface area (Å²) in [7, 11) is 0. The lowest BCUT2D eigenvalue weighted by Crippen LogP contribution is -2.55. The smallest absolute Gasteiger partial charge is 0.344 e. The van der Waals surface area contributed by atoms with E-state index >= 15 is 0 Å². The van der Waals surface area contributed by atoms with Crippen LogP contribution in [-0.2, 0) is 14.4 Å². The Labute approximate surface area is 177 Å². The number of rotatable bonds is 4. The summed E-state index contributed by atoms with van der Waals surface area (Å²) in [5, 5.41) is 33.4. The monoisotopic (exact) mass is 419 g/mol. The van der Waals surface area contributed by atoms with Crippen molar-refractivity contribution in [2.75, 3.05) is 6.61 Å². The van der Waals surface area contributed by atoms with Crippen LogP contribution in [0.3, 0.4) is 0 Å². The van der Waals surface area contributed by atoms with Crippen LogP contribution in [0.25, 0.3) is 0 Å². The molecule has 0 radical (unpaired) electrons. The molecule has 0 aliphatic heterocycles. The largest absolute Gasteiger partial charge is 0.479 e. The predicted octanol–water partition coefficient (Wildman–Crippen LogP) is 2.55. The summed E-state index contributed by atoms with van der Waals surface area (Å²) in [4.78, 5) is 28.8. The van der Waals surface area contributed by atoms with Crippen LogP contribution >= 0.6 is 0 Å². The highest BCUT2D eigenvalue weighted by Gasteiger charge is 2.60. The van der Waals surface area contributed by atoms with E-state index in [-0.39, 0.29) is 40.3 Å². The Morgan fingerprint density at radius 3 is 2.53 bits per heavy atom. The zero-order chi connectivity index (χ0) is 21.8. The molecule has 3 N–H and O–H groups in total. The first-order valence-electron chi connectivity index (χ1n) is 11.1. The van der Waals surface area contributed by atoms with E-state index in [1.807, 2.05) is 13.0 Å². The minimum absolute atomic E-state index is 0.0429. The maximum atomic E-state index is 13.1. The van der Waals surface area contributed by atoms with Gasteiger partial charge in [-0.15, -0.1) is 0 Å². The van der Waals surface area contributed by atoms with Gasteiger partial charge in [0.05, 0.1) is 17.9 Å². The van der Waals surface area contributed by atoms with Crippen molar-refractivity contribution in [2.45, 2.75) is 71.5 Å². The number of aliphatic hydroxyl groups is 2. The summed E-state index contributed by atoms with van der Waals surface area (Å²) in [6.07, 6.45) is 4.91. The van der Waals surface area contributed by atoms with Gasteiger partial charge in [0.15, 0.2) is 5.78 Å². The molecule has 0 amide bonds. The summed E-state index contributed by atoms with van der Waals surface area (Å²) < 4.78 is 0. The van der Waals surface area contributed by atoms with E-state index in [0.29, 0.717) is 12.8 Å². The Bertz CT molecular complexity index is 806. The summed E-state index contributed by atoms with van der Waals surface area (Å²) in [6.45, 7) is 5.85. The summed E-state index contributed by atoms with van der Waals surface area (Å²) in [5.41, 5.74) is 1.69. The number of carboxylic acid groups (broad SMARTS) is 1. The highest BCUT2D eigenvalue weighted by Crippen LogP contribution is 2.65. The molecule has 7 heteroatoms. The molecule has 0 bridgehead atoms. The maximum Gasteiger partial charge on any atom is 0.344 e. The number of allylic oxidation sites excluding steroid dienone is 2. The topological polar surface area (TPSA) is 116 Å². The third-order valence-corrected chi connectivity index (χ3v) is 8.83. The van der Waals surface area contributed by atoms with E-state index in [9.17, 15) is 19.8 Å². The number of aliphatic carboxylic acids is 1. The van der Waals surface area contributed by atoms with E-state index in [2.05, 4.69) is 19.0 Å². The number of oxime groups is 1. The Balaban J connectivity index is 1.61. The molecule has 4 aliphatic carbocycles. The van der Waals surface area contributed by atoms with Crippen LogP contribution in [-0.4, -0.2) is 51.6 Å². The predicted molar refractivity (Wildman–Crippen MR) is 110 cm³/mol. The van der Waals surface area contributed by atoms with Crippen molar-refractivity contribution in [3.8, 4) is 0 Å². The molecule has 3 fully saturated rings. The first-order valence-corrected chi connectivity index (χ1v) is 11.1. The van der Waals surface area contributed by atoms with Gasteiger partial charge in [-0.2, -0.15) is 0 Å². The normalized spacial score (nSPS) is 45.8. The van der Waals surface area contributed by atoms with E-state index < -0.39 is 24.8 Å². The maximum absolute atomic E-state index is 13.1. The van der Waals surface area contributed by atoms with Gasteiger partial charge in [0, 0.05) is 11.8 Å². The van der Waals surface area contributed by atoms with E-state index in [1.165, 1.54) is 5.57 Å². The van der Waals surface area contributed by atoms with Crippen molar-refractivity contribution in [3.63, 3.8) is 0 Å². The van der Waals surface area contributed by atoms with Crippen LogP contribution < -0.4 is 0 Å². The minimum Gasteiger partial charge on any atom is -0.479 e. The Hall–Kier alpha value is -1.73. The second kappa shape index (κ2) is 7.45. The standard InChI is InChI=1S/C23H33NO6/c1-12(24-30-11-21(28)29)14-4-5-15-13-8-18(25)17-9-19(26)20(27)10-23(17,3)16(13)6-7-22(14,15)2/h8,14-17,19-20,26-27H,4-7,9-11H2,1-3H3,(H,28,29)/b24-12-. The van der Waals surface area contributed by atoms with Gasteiger partial charge < -0.3 is 20.2 Å². The van der Waals surface area contributed by atoms with E-state index in [0.717, 1.165) is 31.4 Å². The summed E-state index contributed by atoms with van der Waals surface area (Å²) >= 11 is 0. The lowest BCUT2D eigenvalue weighted by molar-refractivity contribution is -0.143. The molecule has 3 saturated carbocycles. The number of ketones is 1. The average molecular weight is 420 g/mol. The molecule has 0 aromatic rings. The van der Waals surface area contributed by atoms with Crippen molar-refractivity contribution < 1.29 is 29.7 Å². The number of fused-ring (bicyclic) bond motifs is 5. The van der Waals surface area contributed by atoms with Gasteiger partial charge in [-0.3, -0.25) is 4.79 Å². The Kier molecular flexibility index (Phi) is 5.34. The van der Waals surface area contributed by atoms with Gasteiger partial charge in [-0.25, -0.2) is 4.79 Å². The fraction of sp³-hybridized carbons (Fsp3) is 0.783. The molecule has 30 heavy (non-hydrogen) atoms. The van der Waals surface area contributed by atoms with Crippen molar-refractivity contribution in [3.05, 3.63) is 11.6 Å². The number of nitrogens with zero attached hydrogens (tertiary/aromatic N) is 1. The molecule has 8 unspecified atom stereocenters. The fourth-order valence-electron chi connectivity index (χ4n) is 7.33. The van der Waals surface area contributed by atoms with Crippen molar-refractivity contribution in [1.29, 1.82) is 0 Å². The zero-order valence-electron chi connectivity index (χ0n) is 18.0. The SMILES string of the molecule is C/C(=N/OCC(=O)O)C1CCC2C3=CC(=O)C4CC(O)C(O)CC4(C)C3CCC21C. The molecule has 8 atom stereocenters. The third-order valence-electron chi connectivity index (χ3n) is 8.83. The highest BCUT2D eigenvalue weighted by atomic mass is 16.6. The average Bonchev–Trinajstić information content (AvgIpc) is 3.01. The Morgan fingerprint density at radius 2 is 1.83 bits per heavy atom. The number of hydrogen-bond acceptors (Lipinski definition) is 6. The van der Waals surface area contributed by atoms with Crippen LogP contribution in [0, 0.1) is 34.5 Å². The molecule has 0 aromatic heterocycles. The van der Waals surface area contributed by atoms with E-state index in [1.54, 1.807) is 0 Å². The van der Waals surface area contributed by atoms with Crippen molar-refractivity contribution >= 4 is 17.5 Å². The molecule has 166 valence electrons. The molecule has 0 aromatic carbocycles. The molecule has 7 nitrogen and oxygen atoms in total. The first-order chi connectivity index (χ1) is 14.1. The van der Waals surface area contributed by atoms with Crippen LogP contribution in [0.15, 0.2) is 16.8 Å². The third kappa shape index (κ3) is 3.21. The first kappa shape index (κ1) is 21.5. The highest BCUT2D eigenvalue weighted by molar-refractivity contribution is 5.95. The van der Waals surface area contributed by atoms with Gasteiger partial charge in [-0.1, -0.05) is 24.6 Å². The van der Waals surface area contributed by atoms with Gasteiger partial charge in [-0.05, 0) is 74.2 Å². The summed E-state index contributed by atoms with van der Waals surface area (Å²) in [5.74, 6) is -0.457. The van der Waals surface area contributed by atoms with Crippen molar-refractivity contribution in [2.24, 2.45) is 39.7 Å². The van der Waals surface area contributed by atoms with Gasteiger partial charge >= 0.3 is 5.97 Å². The van der Waals surface area contributed by atoms with Crippen molar-refractivity contribution in [1.82, 2.24) is 0 Å². The number of carboxylic acids is 1. The van der Waals surface area contributed by atoms with Gasteiger partial charge in [0.1, 0.15) is 0 Å².